The van der Waals surface area contributed by atoms with E-state index in [0.29, 0.717) is 19.6 Å². The molecule has 1 atom stereocenters. The zero-order valence-electron chi connectivity index (χ0n) is 15.3. The fourth-order valence-electron chi connectivity index (χ4n) is 3.31. The van der Waals surface area contributed by atoms with Crippen LogP contribution in [0.5, 0.6) is 0 Å². The quantitative estimate of drug-likeness (QED) is 0.728. The molecular weight excluding hydrogens is 342 g/mol. The Bertz CT molecular complexity index is 758. The molecule has 1 N–H and O–H groups in total. The highest BCUT2D eigenvalue weighted by atomic mass is 16.5. The number of nitrogens with zero attached hydrogens (tertiary/aromatic N) is 1. The summed E-state index contributed by atoms with van der Waals surface area (Å²) >= 11 is 0. The summed E-state index contributed by atoms with van der Waals surface area (Å²) < 4.78 is 5.94. The van der Waals surface area contributed by atoms with Crippen LogP contribution in [0, 0.1) is 0 Å². The first-order valence-corrected chi connectivity index (χ1v) is 9.37. The van der Waals surface area contributed by atoms with Crippen LogP contribution in [-0.2, 0) is 22.4 Å². The standard InChI is InChI=1S/C22H25NO4/c24-21(15-18-8-10-19(11-9-18)22(25)26)23-13-12-20(16-23)27-14-4-7-17-5-2-1-3-6-17/h1-3,5-6,8-11,20H,4,7,12-16H2,(H,25,26). The topological polar surface area (TPSA) is 66.8 Å². The normalized spacial score (nSPS) is 16.4. The zero-order chi connectivity index (χ0) is 19.1. The lowest BCUT2D eigenvalue weighted by Gasteiger charge is -2.17. The van der Waals surface area contributed by atoms with Gasteiger partial charge in [0.1, 0.15) is 0 Å². The van der Waals surface area contributed by atoms with Gasteiger partial charge in [-0.25, -0.2) is 4.79 Å². The van der Waals surface area contributed by atoms with Gasteiger partial charge < -0.3 is 14.7 Å². The van der Waals surface area contributed by atoms with Gasteiger partial charge in [0.15, 0.2) is 0 Å². The molecule has 0 spiro atoms. The highest BCUT2D eigenvalue weighted by Gasteiger charge is 2.26. The molecule has 1 amide bonds. The van der Waals surface area contributed by atoms with Gasteiger partial charge in [0.25, 0.3) is 0 Å². The van der Waals surface area contributed by atoms with Crippen LogP contribution in [0.1, 0.15) is 34.3 Å². The Morgan fingerprint density at radius 2 is 1.78 bits per heavy atom. The average molecular weight is 367 g/mol. The smallest absolute Gasteiger partial charge is 0.335 e. The molecule has 0 radical (unpaired) electrons. The number of amides is 1. The maximum absolute atomic E-state index is 12.4. The lowest BCUT2D eigenvalue weighted by molar-refractivity contribution is -0.129. The third-order valence-electron chi connectivity index (χ3n) is 4.86. The second-order valence-corrected chi connectivity index (χ2v) is 6.89. The second kappa shape index (κ2) is 9.33. The van der Waals surface area contributed by atoms with Crippen LogP contribution < -0.4 is 0 Å². The molecule has 0 saturated carbocycles. The minimum Gasteiger partial charge on any atom is -0.478 e. The van der Waals surface area contributed by atoms with Crippen molar-refractivity contribution in [3.05, 3.63) is 71.3 Å². The molecule has 5 heteroatoms. The number of rotatable bonds is 8. The molecule has 5 nitrogen and oxygen atoms in total. The van der Waals surface area contributed by atoms with Crippen LogP contribution in [0.2, 0.25) is 0 Å². The van der Waals surface area contributed by atoms with Crippen molar-refractivity contribution < 1.29 is 19.4 Å². The molecule has 27 heavy (non-hydrogen) atoms. The number of carbonyl (C=O) groups is 2. The van der Waals surface area contributed by atoms with E-state index in [9.17, 15) is 9.59 Å². The Kier molecular flexibility index (Phi) is 6.60. The summed E-state index contributed by atoms with van der Waals surface area (Å²) in [6.07, 6.45) is 3.25. The molecule has 1 saturated heterocycles. The van der Waals surface area contributed by atoms with E-state index in [1.807, 2.05) is 23.1 Å². The van der Waals surface area contributed by atoms with E-state index in [2.05, 4.69) is 12.1 Å². The van der Waals surface area contributed by atoms with Crippen LogP contribution in [0.4, 0.5) is 0 Å². The van der Waals surface area contributed by atoms with Gasteiger partial charge in [-0.2, -0.15) is 0 Å². The fraction of sp³-hybridized carbons (Fsp3) is 0.364. The van der Waals surface area contributed by atoms with Crippen molar-refractivity contribution in [1.29, 1.82) is 0 Å². The number of carboxylic acid groups (broad SMARTS) is 1. The molecule has 1 heterocycles. The van der Waals surface area contributed by atoms with Gasteiger partial charge >= 0.3 is 5.97 Å². The van der Waals surface area contributed by atoms with Crippen LogP contribution in [-0.4, -0.2) is 47.7 Å². The highest BCUT2D eigenvalue weighted by molar-refractivity contribution is 5.87. The third kappa shape index (κ3) is 5.66. The summed E-state index contributed by atoms with van der Waals surface area (Å²) in [6.45, 7) is 2.06. The van der Waals surface area contributed by atoms with E-state index in [1.54, 1.807) is 12.1 Å². The average Bonchev–Trinajstić information content (AvgIpc) is 3.16. The van der Waals surface area contributed by atoms with Gasteiger partial charge in [-0.3, -0.25) is 4.79 Å². The van der Waals surface area contributed by atoms with E-state index < -0.39 is 5.97 Å². The number of aromatic carboxylic acids is 1. The Hall–Kier alpha value is -2.66. The first kappa shape index (κ1) is 19.1. The second-order valence-electron chi connectivity index (χ2n) is 6.89. The van der Waals surface area contributed by atoms with Crippen molar-refractivity contribution in [1.82, 2.24) is 4.90 Å². The first-order valence-electron chi connectivity index (χ1n) is 9.37. The van der Waals surface area contributed by atoms with Crippen LogP contribution in [0.15, 0.2) is 54.6 Å². The summed E-state index contributed by atoms with van der Waals surface area (Å²) in [6, 6.07) is 16.8. The summed E-state index contributed by atoms with van der Waals surface area (Å²) in [7, 11) is 0. The van der Waals surface area contributed by atoms with E-state index in [4.69, 9.17) is 9.84 Å². The number of hydrogen-bond donors (Lipinski definition) is 1. The summed E-state index contributed by atoms with van der Waals surface area (Å²) in [4.78, 5) is 25.2. The van der Waals surface area contributed by atoms with E-state index in [0.717, 1.165) is 31.4 Å². The van der Waals surface area contributed by atoms with Gasteiger partial charge in [0.2, 0.25) is 5.91 Å². The number of aryl methyl sites for hydroxylation is 1. The van der Waals surface area contributed by atoms with Gasteiger partial charge in [-0.1, -0.05) is 42.5 Å². The summed E-state index contributed by atoms with van der Waals surface area (Å²) in [5, 5.41) is 8.92. The van der Waals surface area contributed by atoms with E-state index >= 15 is 0 Å². The number of benzene rings is 2. The molecule has 142 valence electrons. The fourth-order valence-corrected chi connectivity index (χ4v) is 3.31. The van der Waals surface area contributed by atoms with Gasteiger partial charge in [0.05, 0.1) is 18.1 Å². The molecule has 0 aromatic heterocycles. The van der Waals surface area contributed by atoms with Crippen molar-refractivity contribution in [2.45, 2.75) is 31.8 Å². The number of likely N-dealkylation sites (tertiary alicyclic amines) is 1. The van der Waals surface area contributed by atoms with E-state index in [1.165, 1.54) is 17.7 Å². The van der Waals surface area contributed by atoms with Crippen molar-refractivity contribution >= 4 is 11.9 Å². The largest absolute Gasteiger partial charge is 0.478 e. The maximum atomic E-state index is 12.4. The van der Waals surface area contributed by atoms with Gasteiger partial charge in [-0.15, -0.1) is 0 Å². The molecule has 2 aromatic rings. The molecule has 1 aliphatic rings. The Labute approximate surface area is 159 Å². The number of hydrogen-bond acceptors (Lipinski definition) is 3. The molecule has 0 bridgehead atoms. The predicted octanol–water partition coefficient (Wildman–Crippen LogP) is 3.18. The lowest BCUT2D eigenvalue weighted by Crippen LogP contribution is -2.31. The summed E-state index contributed by atoms with van der Waals surface area (Å²) in [5.74, 6) is -0.895. The van der Waals surface area contributed by atoms with Crippen LogP contribution in [0.3, 0.4) is 0 Å². The monoisotopic (exact) mass is 367 g/mol. The minimum absolute atomic E-state index is 0.0634. The van der Waals surface area contributed by atoms with Crippen molar-refractivity contribution in [3.63, 3.8) is 0 Å². The SMILES string of the molecule is O=C(O)c1ccc(CC(=O)N2CCC(OCCCc3ccccc3)C2)cc1. The summed E-state index contributed by atoms with van der Waals surface area (Å²) in [5.41, 5.74) is 2.38. The molecule has 0 aliphatic carbocycles. The maximum Gasteiger partial charge on any atom is 0.335 e. The Balaban J connectivity index is 1.38. The third-order valence-corrected chi connectivity index (χ3v) is 4.86. The molecule has 1 unspecified atom stereocenters. The van der Waals surface area contributed by atoms with Crippen molar-refractivity contribution in [3.8, 4) is 0 Å². The lowest BCUT2D eigenvalue weighted by atomic mass is 10.1. The Morgan fingerprint density at radius 1 is 1.04 bits per heavy atom. The molecule has 3 rings (SSSR count). The molecule has 1 fully saturated rings. The van der Waals surface area contributed by atoms with Gasteiger partial charge in [-0.05, 0) is 42.5 Å². The number of ether oxygens (including phenoxy) is 1. The highest BCUT2D eigenvalue weighted by Crippen LogP contribution is 2.16. The first-order chi connectivity index (χ1) is 13.1. The van der Waals surface area contributed by atoms with Crippen molar-refractivity contribution in [2.75, 3.05) is 19.7 Å². The molecule has 1 aliphatic heterocycles. The van der Waals surface area contributed by atoms with Gasteiger partial charge in [0, 0.05) is 19.7 Å². The number of carboxylic acids is 1. The Morgan fingerprint density at radius 3 is 2.48 bits per heavy atom. The number of carbonyl (C=O) groups excluding carboxylic acids is 1. The molecular formula is C22H25NO4. The van der Waals surface area contributed by atoms with Crippen LogP contribution >= 0.6 is 0 Å². The molecule has 2 aromatic carbocycles. The van der Waals surface area contributed by atoms with Crippen LogP contribution in [0.25, 0.3) is 0 Å². The predicted molar refractivity (Wildman–Crippen MR) is 103 cm³/mol. The van der Waals surface area contributed by atoms with E-state index in [-0.39, 0.29) is 17.6 Å². The minimum atomic E-state index is -0.959. The zero-order valence-corrected chi connectivity index (χ0v) is 15.3. The van der Waals surface area contributed by atoms with Crippen molar-refractivity contribution in [2.24, 2.45) is 0 Å².